The molecule has 7 heteroatoms. The van der Waals surface area contributed by atoms with E-state index in [1.165, 1.54) is 11.9 Å². The lowest BCUT2D eigenvalue weighted by atomic mass is 10.0. The van der Waals surface area contributed by atoms with Gasteiger partial charge in [-0.1, -0.05) is 30.3 Å². The summed E-state index contributed by atoms with van der Waals surface area (Å²) in [6.07, 6.45) is 1.45. The van der Waals surface area contributed by atoms with Crippen LogP contribution in [0.25, 0.3) is 0 Å². The van der Waals surface area contributed by atoms with E-state index >= 15 is 0 Å². The first-order chi connectivity index (χ1) is 14.1. The first kappa shape index (κ1) is 20.3. The Balaban J connectivity index is 1.61. The predicted octanol–water partition coefficient (Wildman–Crippen LogP) is 3.07. The molecular weight excluding hydrogens is 364 g/mol. The van der Waals surface area contributed by atoms with Gasteiger partial charge in [-0.2, -0.15) is 0 Å². The van der Waals surface area contributed by atoms with Crippen LogP contribution in [-0.2, 0) is 6.54 Å². The Morgan fingerprint density at radius 2 is 1.93 bits per heavy atom. The van der Waals surface area contributed by atoms with Gasteiger partial charge >= 0.3 is 0 Å². The second-order valence-corrected chi connectivity index (χ2v) is 6.77. The number of nitrogen functional groups attached to an aromatic ring is 1. The van der Waals surface area contributed by atoms with Gasteiger partial charge in [0, 0.05) is 36.4 Å². The van der Waals surface area contributed by atoms with Crippen molar-refractivity contribution in [1.82, 2.24) is 15.3 Å². The van der Waals surface area contributed by atoms with E-state index in [0.717, 1.165) is 6.54 Å². The highest BCUT2D eigenvalue weighted by molar-refractivity contribution is 6.13. The maximum Gasteiger partial charge on any atom is 0.130 e. The van der Waals surface area contributed by atoms with E-state index in [1.807, 2.05) is 18.2 Å². The number of nitrogens with two attached hydrogens (primary N) is 1. The molecule has 0 amide bonds. The molecule has 0 unspecified atom stereocenters. The van der Waals surface area contributed by atoms with Gasteiger partial charge in [0.2, 0.25) is 0 Å². The molecule has 5 N–H and O–H groups in total. The summed E-state index contributed by atoms with van der Waals surface area (Å²) < 4.78 is 5.24. The standard InChI is InChI=1S/C22H26N6O/c1-15(25-13-16-6-4-3-5-7-16)12-26-21-11-20(27-14-28-21)22(24)18-10-17(29-2)8-9-19(18)23/h3-11,14-15,24-25H,12-13,23H2,1-2H3,(H,26,27,28)/t15-/m0/s1. The van der Waals surface area contributed by atoms with Crippen molar-refractivity contribution in [2.24, 2.45) is 0 Å². The molecule has 150 valence electrons. The maximum atomic E-state index is 8.49. The summed E-state index contributed by atoms with van der Waals surface area (Å²) in [6, 6.07) is 17.5. The number of methoxy groups -OCH3 is 1. The fourth-order valence-electron chi connectivity index (χ4n) is 2.83. The number of benzene rings is 2. The number of nitrogens with zero attached hydrogens (tertiary/aromatic N) is 2. The molecular formula is C22H26N6O. The van der Waals surface area contributed by atoms with Crippen molar-refractivity contribution in [3.05, 3.63) is 77.7 Å². The van der Waals surface area contributed by atoms with E-state index in [-0.39, 0.29) is 11.8 Å². The predicted molar refractivity (Wildman–Crippen MR) is 117 cm³/mol. The van der Waals surface area contributed by atoms with Crippen LogP contribution in [0.1, 0.15) is 23.7 Å². The molecule has 3 aromatic rings. The molecule has 7 nitrogen and oxygen atoms in total. The summed E-state index contributed by atoms with van der Waals surface area (Å²) in [5, 5.41) is 15.3. The number of hydrogen-bond donors (Lipinski definition) is 4. The molecule has 0 saturated carbocycles. The molecule has 0 aliphatic carbocycles. The summed E-state index contributed by atoms with van der Waals surface area (Å²) in [5.74, 6) is 1.30. The lowest BCUT2D eigenvalue weighted by molar-refractivity contribution is 0.415. The van der Waals surface area contributed by atoms with Crippen LogP contribution in [0, 0.1) is 5.41 Å². The smallest absolute Gasteiger partial charge is 0.130 e. The monoisotopic (exact) mass is 390 g/mol. The Labute approximate surface area is 170 Å². The fraction of sp³-hybridized carbons (Fsp3) is 0.227. The third kappa shape index (κ3) is 5.52. The van der Waals surface area contributed by atoms with Gasteiger partial charge in [0.15, 0.2) is 0 Å². The van der Waals surface area contributed by atoms with Crippen LogP contribution in [-0.4, -0.2) is 35.4 Å². The highest BCUT2D eigenvalue weighted by atomic mass is 16.5. The van der Waals surface area contributed by atoms with E-state index in [9.17, 15) is 0 Å². The largest absolute Gasteiger partial charge is 0.497 e. The first-order valence-electron chi connectivity index (χ1n) is 9.43. The van der Waals surface area contributed by atoms with Gasteiger partial charge in [-0.15, -0.1) is 0 Å². The molecule has 1 aromatic heterocycles. The topological polar surface area (TPSA) is 109 Å². The molecule has 3 rings (SSSR count). The first-order valence-corrected chi connectivity index (χ1v) is 9.43. The Hall–Kier alpha value is -3.45. The summed E-state index contributed by atoms with van der Waals surface area (Å²) in [5.41, 5.74) is 9.08. The van der Waals surface area contributed by atoms with Crippen molar-refractivity contribution in [2.45, 2.75) is 19.5 Å². The van der Waals surface area contributed by atoms with Gasteiger partial charge in [-0.05, 0) is 30.7 Å². The summed E-state index contributed by atoms with van der Waals surface area (Å²) >= 11 is 0. The molecule has 0 fully saturated rings. The quantitative estimate of drug-likeness (QED) is 0.330. The normalized spacial score (nSPS) is 11.7. The zero-order valence-electron chi connectivity index (χ0n) is 16.6. The molecule has 1 atom stereocenters. The third-order valence-electron chi connectivity index (χ3n) is 4.54. The Bertz CT molecular complexity index is 961. The Morgan fingerprint density at radius 3 is 2.69 bits per heavy atom. The molecule has 0 saturated heterocycles. The lowest BCUT2D eigenvalue weighted by Gasteiger charge is -2.15. The zero-order chi connectivity index (χ0) is 20.6. The molecule has 2 aromatic carbocycles. The molecule has 29 heavy (non-hydrogen) atoms. The summed E-state index contributed by atoms with van der Waals surface area (Å²) in [4.78, 5) is 8.49. The van der Waals surface area contributed by atoms with Gasteiger partial charge in [0.25, 0.3) is 0 Å². The fourth-order valence-corrected chi connectivity index (χ4v) is 2.83. The minimum Gasteiger partial charge on any atom is -0.497 e. The molecule has 0 radical (unpaired) electrons. The van der Waals surface area contributed by atoms with Gasteiger partial charge in [0.05, 0.1) is 18.5 Å². The molecule has 0 aliphatic heterocycles. The number of hydrogen-bond acceptors (Lipinski definition) is 7. The average molecular weight is 390 g/mol. The van der Waals surface area contributed by atoms with Crippen molar-refractivity contribution in [3.8, 4) is 5.75 Å². The zero-order valence-corrected chi connectivity index (χ0v) is 16.6. The van der Waals surface area contributed by atoms with Crippen LogP contribution < -0.4 is 21.1 Å². The number of ether oxygens (including phenoxy) is 1. The Kier molecular flexibility index (Phi) is 6.76. The molecule has 1 heterocycles. The van der Waals surface area contributed by atoms with Crippen LogP contribution >= 0.6 is 0 Å². The summed E-state index contributed by atoms with van der Waals surface area (Å²) in [7, 11) is 1.58. The minimum atomic E-state index is 0.224. The third-order valence-corrected chi connectivity index (χ3v) is 4.54. The number of nitrogens with one attached hydrogen (secondary N) is 3. The maximum absolute atomic E-state index is 8.49. The highest BCUT2D eigenvalue weighted by Gasteiger charge is 2.12. The summed E-state index contributed by atoms with van der Waals surface area (Å²) in [6.45, 7) is 3.60. The van der Waals surface area contributed by atoms with Crippen LogP contribution in [0.5, 0.6) is 5.75 Å². The van der Waals surface area contributed by atoms with E-state index in [4.69, 9.17) is 15.9 Å². The van der Waals surface area contributed by atoms with Crippen molar-refractivity contribution < 1.29 is 4.74 Å². The van der Waals surface area contributed by atoms with E-state index in [2.05, 4.69) is 39.7 Å². The van der Waals surface area contributed by atoms with Gasteiger partial charge in [0.1, 0.15) is 17.9 Å². The van der Waals surface area contributed by atoms with Gasteiger partial charge in [-0.3, -0.25) is 5.41 Å². The van der Waals surface area contributed by atoms with Crippen molar-refractivity contribution in [3.63, 3.8) is 0 Å². The van der Waals surface area contributed by atoms with Gasteiger partial charge in [-0.25, -0.2) is 9.97 Å². The second kappa shape index (κ2) is 9.66. The van der Waals surface area contributed by atoms with E-state index in [0.29, 0.717) is 35.1 Å². The number of aromatic nitrogens is 2. The van der Waals surface area contributed by atoms with Crippen LogP contribution in [0.4, 0.5) is 11.5 Å². The number of anilines is 2. The van der Waals surface area contributed by atoms with E-state index < -0.39 is 0 Å². The van der Waals surface area contributed by atoms with Crippen molar-refractivity contribution in [1.29, 1.82) is 5.41 Å². The molecule has 0 aliphatic rings. The minimum absolute atomic E-state index is 0.224. The highest BCUT2D eigenvalue weighted by Crippen LogP contribution is 2.22. The van der Waals surface area contributed by atoms with Gasteiger partial charge < -0.3 is 21.1 Å². The second-order valence-electron chi connectivity index (χ2n) is 6.77. The number of rotatable bonds is 9. The average Bonchev–Trinajstić information content (AvgIpc) is 2.77. The lowest BCUT2D eigenvalue weighted by Crippen LogP contribution is -2.32. The van der Waals surface area contributed by atoms with Crippen LogP contribution in [0.2, 0.25) is 0 Å². The Morgan fingerprint density at radius 1 is 1.14 bits per heavy atom. The van der Waals surface area contributed by atoms with Crippen LogP contribution in [0.3, 0.4) is 0 Å². The van der Waals surface area contributed by atoms with Crippen molar-refractivity contribution in [2.75, 3.05) is 24.7 Å². The SMILES string of the molecule is COc1ccc(N)c(C(=N)c2cc(NC[C@H](C)NCc3ccccc3)ncn2)c1. The van der Waals surface area contributed by atoms with Crippen LogP contribution in [0.15, 0.2) is 60.9 Å². The molecule has 0 bridgehead atoms. The molecule has 0 spiro atoms. The van der Waals surface area contributed by atoms with E-state index in [1.54, 1.807) is 31.4 Å². The van der Waals surface area contributed by atoms with Crippen molar-refractivity contribution >= 4 is 17.2 Å².